The summed E-state index contributed by atoms with van der Waals surface area (Å²) < 4.78 is 5.92. The summed E-state index contributed by atoms with van der Waals surface area (Å²) in [4.78, 5) is 38.8. The molecule has 0 bridgehead atoms. The molecule has 0 aliphatic carbocycles. The number of imide groups is 1. The average molecular weight is 504 g/mol. The molecule has 174 valence electrons. The van der Waals surface area contributed by atoms with Crippen LogP contribution in [0.15, 0.2) is 77.7 Å². The van der Waals surface area contributed by atoms with Crippen molar-refractivity contribution in [3.63, 3.8) is 0 Å². The summed E-state index contributed by atoms with van der Waals surface area (Å²) in [5.74, 6) is -0.621. The van der Waals surface area contributed by atoms with Crippen molar-refractivity contribution in [2.24, 2.45) is 0 Å². The van der Waals surface area contributed by atoms with E-state index in [0.29, 0.717) is 27.6 Å². The molecule has 1 saturated heterocycles. The first kappa shape index (κ1) is 24.1. The monoisotopic (exact) mass is 503 g/mol. The number of carbonyl (C=O) groups is 3. The van der Waals surface area contributed by atoms with Gasteiger partial charge < -0.3 is 10.1 Å². The molecule has 0 spiro atoms. The quantitative estimate of drug-likeness (QED) is 0.429. The third-order valence-electron chi connectivity index (χ3n) is 5.05. The number of halogens is 1. The molecule has 35 heavy (non-hydrogen) atoms. The van der Waals surface area contributed by atoms with Gasteiger partial charge in [-0.3, -0.25) is 19.3 Å². The van der Waals surface area contributed by atoms with Crippen molar-refractivity contribution in [2.75, 3.05) is 11.9 Å². The number of hydrogen-bond donors (Lipinski definition) is 1. The van der Waals surface area contributed by atoms with E-state index in [0.717, 1.165) is 22.2 Å². The number of nitrogens with zero attached hydrogens (tertiary/aromatic N) is 2. The number of benzene rings is 3. The van der Waals surface area contributed by atoms with Crippen LogP contribution in [0.2, 0.25) is 5.02 Å². The second-order valence-electron chi connectivity index (χ2n) is 7.39. The number of rotatable bonds is 7. The maximum absolute atomic E-state index is 12.9. The van der Waals surface area contributed by atoms with Crippen molar-refractivity contribution >= 4 is 52.2 Å². The van der Waals surface area contributed by atoms with Gasteiger partial charge in [-0.05, 0) is 42.1 Å². The second-order valence-corrected chi connectivity index (χ2v) is 8.79. The summed E-state index contributed by atoms with van der Waals surface area (Å²) in [5, 5.41) is 11.7. The van der Waals surface area contributed by atoms with Crippen LogP contribution < -0.4 is 10.1 Å². The van der Waals surface area contributed by atoms with Gasteiger partial charge >= 0.3 is 0 Å². The van der Waals surface area contributed by atoms with E-state index < -0.39 is 23.6 Å². The molecule has 1 heterocycles. The Morgan fingerprint density at radius 2 is 1.77 bits per heavy atom. The summed E-state index contributed by atoms with van der Waals surface area (Å²) in [5.41, 5.74) is 2.23. The zero-order chi connectivity index (χ0) is 24.8. The van der Waals surface area contributed by atoms with E-state index in [2.05, 4.69) is 11.4 Å². The van der Waals surface area contributed by atoms with Crippen LogP contribution >= 0.6 is 23.4 Å². The molecule has 9 heteroatoms. The molecule has 1 fully saturated rings. The Morgan fingerprint density at radius 1 is 1.06 bits per heavy atom. The summed E-state index contributed by atoms with van der Waals surface area (Å²) in [6, 6.07) is 23.0. The molecule has 0 atom stereocenters. The lowest BCUT2D eigenvalue weighted by atomic mass is 10.1. The minimum atomic E-state index is -0.570. The predicted molar refractivity (Wildman–Crippen MR) is 135 cm³/mol. The maximum Gasteiger partial charge on any atom is 0.294 e. The molecule has 3 amide bonds. The Hall–Kier alpha value is -4.06. The van der Waals surface area contributed by atoms with Crippen LogP contribution in [-0.2, 0) is 16.2 Å². The van der Waals surface area contributed by atoms with Gasteiger partial charge in [0.05, 0.1) is 27.2 Å². The first-order chi connectivity index (χ1) is 17.0. The number of ether oxygens (including phenoxy) is 1. The molecular formula is C26H18ClN3O4S. The normalized spacial score (nSPS) is 14.2. The number of thioether (sulfide) groups is 1. The minimum Gasteiger partial charge on any atom is -0.488 e. The van der Waals surface area contributed by atoms with Crippen LogP contribution in [0.25, 0.3) is 6.08 Å². The van der Waals surface area contributed by atoms with Crippen LogP contribution in [0.4, 0.5) is 10.5 Å². The van der Waals surface area contributed by atoms with Crippen molar-refractivity contribution in [1.29, 1.82) is 5.26 Å². The lowest BCUT2D eigenvalue weighted by Crippen LogP contribution is -2.36. The molecule has 0 unspecified atom stereocenters. The second kappa shape index (κ2) is 10.9. The van der Waals surface area contributed by atoms with E-state index in [9.17, 15) is 19.6 Å². The van der Waals surface area contributed by atoms with Gasteiger partial charge in [0.25, 0.3) is 11.1 Å². The molecule has 4 rings (SSSR count). The highest BCUT2D eigenvalue weighted by Crippen LogP contribution is 2.34. The molecule has 3 aromatic carbocycles. The number of hydrogen-bond acceptors (Lipinski definition) is 6. The highest BCUT2D eigenvalue weighted by atomic mass is 35.5. The predicted octanol–water partition coefficient (Wildman–Crippen LogP) is 5.47. The number of amides is 3. The van der Waals surface area contributed by atoms with Crippen molar-refractivity contribution < 1.29 is 19.1 Å². The number of nitrogens with one attached hydrogen (secondary N) is 1. The summed E-state index contributed by atoms with van der Waals surface area (Å²) in [6.45, 7) is -0.269. The van der Waals surface area contributed by atoms with Gasteiger partial charge in [-0.25, -0.2) is 0 Å². The minimum absolute atomic E-state index is 0.165. The van der Waals surface area contributed by atoms with Gasteiger partial charge in [0.2, 0.25) is 5.91 Å². The number of para-hydroxylation sites is 2. The standard InChI is InChI=1S/C26H18ClN3O4S/c27-20-10-4-5-11-21(20)29-24(31)15-30-25(32)23(35-26(30)33)13-17-7-3-6-12-22(17)34-16-19-9-2-1-8-18(19)14-28/h1-13H,15-16H2,(H,29,31)/b23-13+. The van der Waals surface area contributed by atoms with E-state index in [4.69, 9.17) is 16.3 Å². The van der Waals surface area contributed by atoms with Gasteiger partial charge in [-0.1, -0.05) is 60.1 Å². The molecule has 0 aromatic heterocycles. The molecule has 1 aliphatic rings. The summed E-state index contributed by atoms with van der Waals surface area (Å²) >= 11 is 6.80. The zero-order valence-corrected chi connectivity index (χ0v) is 19.8. The average Bonchev–Trinajstić information content (AvgIpc) is 3.12. The van der Waals surface area contributed by atoms with Crippen LogP contribution in [0.5, 0.6) is 5.75 Å². The zero-order valence-electron chi connectivity index (χ0n) is 18.2. The third-order valence-corrected chi connectivity index (χ3v) is 6.29. The van der Waals surface area contributed by atoms with Crippen LogP contribution in [0, 0.1) is 11.3 Å². The molecule has 1 aliphatic heterocycles. The third kappa shape index (κ3) is 5.72. The van der Waals surface area contributed by atoms with Crippen LogP contribution in [-0.4, -0.2) is 28.5 Å². The van der Waals surface area contributed by atoms with Crippen LogP contribution in [0.3, 0.4) is 0 Å². The number of nitriles is 1. The van der Waals surface area contributed by atoms with E-state index >= 15 is 0 Å². The summed E-state index contributed by atoms with van der Waals surface area (Å²) in [7, 11) is 0. The van der Waals surface area contributed by atoms with Crippen molar-refractivity contribution in [1.82, 2.24) is 4.90 Å². The Labute approximate surface area is 210 Å². The van der Waals surface area contributed by atoms with E-state index in [1.807, 2.05) is 6.07 Å². The largest absolute Gasteiger partial charge is 0.488 e. The molecular weight excluding hydrogens is 486 g/mol. The highest BCUT2D eigenvalue weighted by molar-refractivity contribution is 8.18. The SMILES string of the molecule is N#Cc1ccccc1COc1ccccc1/C=C1/SC(=O)N(CC(=O)Nc2ccccc2Cl)C1=O. The fraction of sp³-hybridized carbons (Fsp3) is 0.0769. The number of anilines is 1. The molecule has 0 saturated carbocycles. The van der Waals surface area contributed by atoms with E-state index in [1.165, 1.54) is 0 Å². The first-order valence-corrected chi connectivity index (χ1v) is 11.7. The Bertz CT molecular complexity index is 1380. The molecule has 0 radical (unpaired) electrons. The fourth-order valence-corrected chi connectivity index (χ4v) is 4.33. The van der Waals surface area contributed by atoms with Gasteiger partial charge in [-0.2, -0.15) is 5.26 Å². The van der Waals surface area contributed by atoms with Crippen LogP contribution in [0.1, 0.15) is 16.7 Å². The van der Waals surface area contributed by atoms with Crippen molar-refractivity contribution in [2.45, 2.75) is 6.61 Å². The number of carbonyl (C=O) groups excluding carboxylic acids is 3. The van der Waals surface area contributed by atoms with Gasteiger partial charge in [0.15, 0.2) is 0 Å². The Morgan fingerprint density at radius 3 is 2.57 bits per heavy atom. The lowest BCUT2D eigenvalue weighted by molar-refractivity contribution is -0.127. The van der Waals surface area contributed by atoms with E-state index in [-0.39, 0.29) is 11.5 Å². The van der Waals surface area contributed by atoms with Gasteiger partial charge in [-0.15, -0.1) is 0 Å². The van der Waals surface area contributed by atoms with Crippen molar-refractivity contribution in [3.8, 4) is 11.8 Å². The highest BCUT2D eigenvalue weighted by Gasteiger charge is 2.36. The summed E-state index contributed by atoms with van der Waals surface area (Å²) in [6.07, 6.45) is 1.56. The molecule has 3 aromatic rings. The lowest BCUT2D eigenvalue weighted by Gasteiger charge is -2.13. The smallest absolute Gasteiger partial charge is 0.294 e. The van der Waals surface area contributed by atoms with E-state index in [1.54, 1.807) is 72.8 Å². The van der Waals surface area contributed by atoms with Gasteiger partial charge in [0, 0.05) is 11.1 Å². The topological polar surface area (TPSA) is 99.5 Å². The fourth-order valence-electron chi connectivity index (χ4n) is 3.32. The van der Waals surface area contributed by atoms with Crippen molar-refractivity contribution in [3.05, 3.63) is 99.4 Å². The van der Waals surface area contributed by atoms with Gasteiger partial charge in [0.1, 0.15) is 18.9 Å². The Balaban J connectivity index is 1.47. The maximum atomic E-state index is 12.9. The Kier molecular flexibility index (Phi) is 7.51. The molecule has 1 N–H and O–H groups in total. The first-order valence-electron chi connectivity index (χ1n) is 10.5. The molecule has 7 nitrogen and oxygen atoms in total.